The van der Waals surface area contributed by atoms with Crippen molar-refractivity contribution >= 4 is 5.69 Å². The minimum atomic E-state index is 0.113. The van der Waals surface area contributed by atoms with Crippen molar-refractivity contribution in [3.8, 4) is 17.2 Å². The molecule has 0 radical (unpaired) electrons. The number of aromatic hydroxyl groups is 1. The number of methoxy groups -OCH3 is 1. The lowest BCUT2D eigenvalue weighted by Gasteiger charge is -2.27. The van der Waals surface area contributed by atoms with Gasteiger partial charge in [-0.15, -0.1) is 0 Å². The number of rotatable bonds is 3. The van der Waals surface area contributed by atoms with Crippen molar-refractivity contribution < 1.29 is 14.6 Å². The van der Waals surface area contributed by atoms with Gasteiger partial charge in [0.15, 0.2) is 0 Å². The molecule has 1 atom stereocenters. The molecule has 0 amide bonds. The van der Waals surface area contributed by atoms with Gasteiger partial charge in [0.05, 0.1) is 18.8 Å². The molecule has 2 aromatic rings. The summed E-state index contributed by atoms with van der Waals surface area (Å²) >= 11 is 0. The van der Waals surface area contributed by atoms with E-state index in [0.717, 1.165) is 22.7 Å². The summed E-state index contributed by atoms with van der Waals surface area (Å²) in [6.45, 7) is 0.563. The topological polar surface area (TPSA) is 41.9 Å². The Bertz CT molecular complexity index is 627. The zero-order chi connectivity index (χ0) is 14.1. The van der Waals surface area contributed by atoms with E-state index < -0.39 is 0 Å². The van der Waals surface area contributed by atoms with Gasteiger partial charge < -0.3 is 19.5 Å². The highest BCUT2D eigenvalue weighted by atomic mass is 16.5. The summed E-state index contributed by atoms with van der Waals surface area (Å²) in [6, 6.07) is 13.3. The number of hydrogen-bond acceptors (Lipinski definition) is 4. The van der Waals surface area contributed by atoms with E-state index in [4.69, 9.17) is 9.47 Å². The van der Waals surface area contributed by atoms with E-state index in [1.807, 2.05) is 37.4 Å². The van der Waals surface area contributed by atoms with E-state index in [0.29, 0.717) is 6.61 Å². The first-order valence-corrected chi connectivity index (χ1v) is 6.52. The van der Waals surface area contributed by atoms with Crippen molar-refractivity contribution in [1.29, 1.82) is 0 Å². The van der Waals surface area contributed by atoms with Crippen LogP contribution >= 0.6 is 0 Å². The van der Waals surface area contributed by atoms with Crippen LogP contribution in [0, 0.1) is 0 Å². The van der Waals surface area contributed by atoms with Crippen LogP contribution in [-0.2, 0) is 0 Å². The molecule has 1 unspecified atom stereocenters. The molecule has 0 aromatic heterocycles. The molecule has 0 saturated heterocycles. The van der Waals surface area contributed by atoms with Gasteiger partial charge in [-0.05, 0) is 24.3 Å². The second-order valence-corrected chi connectivity index (χ2v) is 4.83. The highest BCUT2D eigenvalue weighted by molar-refractivity contribution is 5.61. The molecule has 4 heteroatoms. The number of fused-ring (bicyclic) bond motifs is 1. The molecular weight excluding hydrogens is 254 g/mol. The normalized spacial score (nSPS) is 16.4. The molecule has 1 N–H and O–H groups in total. The van der Waals surface area contributed by atoms with Gasteiger partial charge in [-0.25, -0.2) is 0 Å². The molecule has 0 spiro atoms. The van der Waals surface area contributed by atoms with Gasteiger partial charge in [-0.2, -0.15) is 0 Å². The van der Waals surface area contributed by atoms with Gasteiger partial charge in [-0.3, -0.25) is 0 Å². The van der Waals surface area contributed by atoms with Crippen LogP contribution in [0.5, 0.6) is 17.2 Å². The molecule has 0 fully saturated rings. The maximum atomic E-state index is 9.51. The van der Waals surface area contributed by atoms with Crippen molar-refractivity contribution in [3.05, 3.63) is 48.0 Å². The van der Waals surface area contributed by atoms with Crippen LogP contribution in [0.2, 0.25) is 0 Å². The molecule has 1 aliphatic heterocycles. The molecule has 104 valence electrons. The fourth-order valence-corrected chi connectivity index (χ4v) is 2.59. The molecule has 3 rings (SSSR count). The Labute approximate surface area is 118 Å². The van der Waals surface area contributed by atoms with Crippen molar-refractivity contribution in [3.63, 3.8) is 0 Å². The summed E-state index contributed by atoms with van der Waals surface area (Å²) in [7, 11) is 3.69. The molecule has 1 heterocycles. The molecule has 0 bridgehead atoms. The van der Waals surface area contributed by atoms with Crippen LogP contribution in [0.4, 0.5) is 5.69 Å². The SMILES string of the molecule is COc1ccccc1N(C)C1COc2cc(O)ccc21. The fraction of sp³-hybridized carbons (Fsp3) is 0.250. The first-order chi connectivity index (χ1) is 9.70. The summed E-state index contributed by atoms with van der Waals surface area (Å²) in [5.74, 6) is 1.81. The first-order valence-electron chi connectivity index (χ1n) is 6.52. The number of nitrogens with zero attached hydrogens (tertiary/aromatic N) is 1. The second-order valence-electron chi connectivity index (χ2n) is 4.83. The Morgan fingerprint density at radius 2 is 2.05 bits per heavy atom. The highest BCUT2D eigenvalue weighted by Crippen LogP contribution is 2.41. The van der Waals surface area contributed by atoms with Gasteiger partial charge in [0, 0.05) is 18.7 Å². The monoisotopic (exact) mass is 271 g/mol. The number of phenolic OH excluding ortho intramolecular Hbond substituents is 1. The van der Waals surface area contributed by atoms with Gasteiger partial charge in [0.2, 0.25) is 0 Å². The van der Waals surface area contributed by atoms with Gasteiger partial charge in [0.1, 0.15) is 23.9 Å². The summed E-state index contributed by atoms with van der Waals surface area (Å²) in [5.41, 5.74) is 2.10. The van der Waals surface area contributed by atoms with E-state index in [9.17, 15) is 5.11 Å². The van der Waals surface area contributed by atoms with Gasteiger partial charge in [0.25, 0.3) is 0 Å². The Balaban J connectivity index is 1.95. The van der Waals surface area contributed by atoms with Crippen molar-refractivity contribution in [2.24, 2.45) is 0 Å². The Morgan fingerprint density at radius 3 is 2.85 bits per heavy atom. The number of ether oxygens (including phenoxy) is 2. The average molecular weight is 271 g/mol. The molecule has 4 nitrogen and oxygen atoms in total. The Kier molecular flexibility index (Phi) is 3.14. The maximum absolute atomic E-state index is 9.51. The van der Waals surface area contributed by atoms with E-state index in [1.54, 1.807) is 19.2 Å². The number of anilines is 1. The Morgan fingerprint density at radius 1 is 1.25 bits per heavy atom. The number of phenols is 1. The molecule has 0 aliphatic carbocycles. The van der Waals surface area contributed by atoms with E-state index >= 15 is 0 Å². The maximum Gasteiger partial charge on any atom is 0.142 e. The number of para-hydroxylation sites is 2. The van der Waals surface area contributed by atoms with Crippen LogP contribution in [0.15, 0.2) is 42.5 Å². The van der Waals surface area contributed by atoms with Crippen LogP contribution in [0.1, 0.15) is 11.6 Å². The lowest BCUT2D eigenvalue weighted by molar-refractivity contribution is 0.327. The van der Waals surface area contributed by atoms with Crippen LogP contribution in [0.25, 0.3) is 0 Å². The van der Waals surface area contributed by atoms with E-state index in [-0.39, 0.29) is 11.8 Å². The molecule has 0 saturated carbocycles. The molecule has 20 heavy (non-hydrogen) atoms. The third-order valence-electron chi connectivity index (χ3n) is 3.69. The zero-order valence-electron chi connectivity index (χ0n) is 11.5. The minimum Gasteiger partial charge on any atom is -0.508 e. The molecule has 1 aliphatic rings. The van der Waals surface area contributed by atoms with Crippen molar-refractivity contribution in [2.45, 2.75) is 6.04 Å². The fourth-order valence-electron chi connectivity index (χ4n) is 2.59. The highest BCUT2D eigenvalue weighted by Gasteiger charge is 2.29. The van der Waals surface area contributed by atoms with E-state index in [2.05, 4.69) is 4.90 Å². The second kappa shape index (κ2) is 4.96. The van der Waals surface area contributed by atoms with Crippen LogP contribution in [0.3, 0.4) is 0 Å². The van der Waals surface area contributed by atoms with Gasteiger partial charge in [-0.1, -0.05) is 12.1 Å². The molecular formula is C16H17NO3. The number of benzene rings is 2. The third kappa shape index (κ3) is 2.03. The zero-order valence-corrected chi connectivity index (χ0v) is 11.5. The average Bonchev–Trinajstić information content (AvgIpc) is 2.89. The summed E-state index contributed by atoms with van der Waals surface area (Å²) in [5, 5.41) is 9.51. The lowest BCUT2D eigenvalue weighted by atomic mass is 10.1. The molecule has 2 aromatic carbocycles. The first kappa shape index (κ1) is 12.7. The largest absolute Gasteiger partial charge is 0.508 e. The lowest BCUT2D eigenvalue weighted by Crippen LogP contribution is -2.25. The van der Waals surface area contributed by atoms with Crippen molar-refractivity contribution in [1.82, 2.24) is 0 Å². The van der Waals surface area contributed by atoms with Gasteiger partial charge >= 0.3 is 0 Å². The standard InChI is InChI=1S/C16H17NO3/c1-17(13-5-3-4-6-15(13)19-2)14-10-20-16-9-11(18)7-8-12(14)16/h3-9,14,18H,10H2,1-2H3. The predicted octanol–water partition coefficient (Wildman–Crippen LogP) is 2.97. The third-order valence-corrected chi connectivity index (χ3v) is 3.69. The minimum absolute atomic E-state index is 0.113. The van der Waals surface area contributed by atoms with E-state index in [1.165, 1.54) is 0 Å². The quantitative estimate of drug-likeness (QED) is 0.932. The van der Waals surface area contributed by atoms with Crippen LogP contribution < -0.4 is 14.4 Å². The van der Waals surface area contributed by atoms with Crippen LogP contribution in [-0.4, -0.2) is 25.9 Å². The van der Waals surface area contributed by atoms with Crippen molar-refractivity contribution in [2.75, 3.05) is 25.7 Å². The summed E-state index contributed by atoms with van der Waals surface area (Å²) in [4.78, 5) is 2.14. The predicted molar refractivity (Wildman–Crippen MR) is 77.7 cm³/mol. The number of hydrogen-bond donors (Lipinski definition) is 1. The summed E-state index contributed by atoms with van der Waals surface area (Å²) < 4.78 is 11.1. The Hall–Kier alpha value is -2.36. The smallest absolute Gasteiger partial charge is 0.142 e. The number of likely N-dealkylation sites (N-methyl/N-ethyl adjacent to an activating group) is 1. The summed E-state index contributed by atoms with van der Waals surface area (Å²) in [6.07, 6.45) is 0.